The minimum Gasteiger partial charge on any atom is -0.490 e. The van der Waals surface area contributed by atoms with Gasteiger partial charge >= 0.3 is 0 Å². The highest BCUT2D eigenvalue weighted by Crippen LogP contribution is 2.51. The molecule has 0 saturated heterocycles. The number of halogens is 1. The Balaban J connectivity index is 1.54. The summed E-state index contributed by atoms with van der Waals surface area (Å²) in [5, 5.41) is 0. The van der Waals surface area contributed by atoms with Gasteiger partial charge < -0.3 is 4.74 Å². The van der Waals surface area contributed by atoms with Crippen LogP contribution in [0.5, 0.6) is 5.75 Å². The van der Waals surface area contributed by atoms with Gasteiger partial charge in [-0.1, -0.05) is 40.0 Å². The van der Waals surface area contributed by atoms with Crippen molar-refractivity contribution in [2.45, 2.75) is 83.5 Å². The third kappa shape index (κ3) is 6.47. The van der Waals surface area contributed by atoms with Crippen molar-refractivity contribution in [2.75, 3.05) is 12.4 Å². The van der Waals surface area contributed by atoms with Crippen molar-refractivity contribution in [3.63, 3.8) is 0 Å². The number of unbranched alkanes of at least 4 members (excludes halogenated alkanes) is 2. The molecular weight excluding hydrogens is 375 g/mol. The summed E-state index contributed by atoms with van der Waals surface area (Å²) in [5.74, 6) is 0.250. The van der Waals surface area contributed by atoms with Crippen LogP contribution in [0.2, 0.25) is 0 Å². The fourth-order valence-corrected chi connectivity index (χ4v) is 5.71. The van der Waals surface area contributed by atoms with Crippen molar-refractivity contribution >= 4 is 9.84 Å². The molecule has 0 radical (unpaired) electrons. The summed E-state index contributed by atoms with van der Waals surface area (Å²) >= 11 is 0. The molecule has 28 heavy (non-hydrogen) atoms. The maximum Gasteiger partial charge on any atom is 0.179 e. The van der Waals surface area contributed by atoms with Crippen molar-refractivity contribution in [3.8, 4) is 5.75 Å². The van der Waals surface area contributed by atoms with E-state index in [-0.39, 0.29) is 21.8 Å². The first kappa shape index (κ1) is 21.6. The summed E-state index contributed by atoms with van der Waals surface area (Å²) in [6.07, 6.45) is 9.82. The summed E-state index contributed by atoms with van der Waals surface area (Å²) in [6.45, 7) is 7.24. The second-order valence-electron chi connectivity index (χ2n) is 10.2. The molecule has 0 amide bonds. The molecule has 2 saturated carbocycles. The van der Waals surface area contributed by atoms with E-state index in [2.05, 4.69) is 20.8 Å². The molecule has 2 aliphatic carbocycles. The highest BCUT2D eigenvalue weighted by Gasteiger charge is 2.45. The highest BCUT2D eigenvalue weighted by molar-refractivity contribution is 7.91. The Kier molecular flexibility index (Phi) is 6.43. The predicted molar refractivity (Wildman–Crippen MR) is 111 cm³/mol. The summed E-state index contributed by atoms with van der Waals surface area (Å²) in [6, 6.07) is 3.99. The number of hydrogen-bond acceptors (Lipinski definition) is 3. The number of rotatable bonds is 11. The monoisotopic (exact) mass is 410 g/mol. The lowest BCUT2D eigenvalue weighted by molar-refractivity contribution is 0.284. The van der Waals surface area contributed by atoms with Gasteiger partial charge in [-0.15, -0.1) is 0 Å². The molecule has 0 bridgehead atoms. The van der Waals surface area contributed by atoms with Gasteiger partial charge in [-0.25, -0.2) is 12.8 Å². The molecule has 2 fully saturated rings. The van der Waals surface area contributed by atoms with Gasteiger partial charge in [-0.3, -0.25) is 0 Å². The molecule has 0 aromatic heterocycles. The predicted octanol–water partition coefficient (Wildman–Crippen LogP) is 6.17. The Bertz CT molecular complexity index is 772. The van der Waals surface area contributed by atoms with Crippen LogP contribution in [-0.2, 0) is 9.84 Å². The normalized spacial score (nSPS) is 18.9. The first-order valence-electron chi connectivity index (χ1n) is 10.7. The lowest BCUT2D eigenvalue weighted by atomic mass is 9.89. The van der Waals surface area contributed by atoms with Crippen molar-refractivity contribution < 1.29 is 17.5 Å². The molecule has 0 aliphatic heterocycles. The number of hydrogen-bond donors (Lipinski definition) is 0. The van der Waals surface area contributed by atoms with Crippen LogP contribution in [0.25, 0.3) is 0 Å². The van der Waals surface area contributed by atoms with E-state index in [0.29, 0.717) is 17.9 Å². The Labute approximate surface area is 170 Å². The lowest BCUT2D eigenvalue weighted by Crippen LogP contribution is -2.18. The van der Waals surface area contributed by atoms with Gasteiger partial charge in [0, 0.05) is 6.07 Å². The van der Waals surface area contributed by atoms with Crippen molar-refractivity contribution in [3.05, 3.63) is 24.0 Å². The van der Waals surface area contributed by atoms with E-state index in [1.165, 1.54) is 31.0 Å². The zero-order valence-corrected chi connectivity index (χ0v) is 18.4. The minimum absolute atomic E-state index is 0.0655. The van der Waals surface area contributed by atoms with E-state index in [1.807, 2.05) is 0 Å². The van der Waals surface area contributed by atoms with Gasteiger partial charge in [0.15, 0.2) is 21.4 Å². The third-order valence-corrected chi connectivity index (χ3v) is 7.99. The third-order valence-electron chi connectivity index (χ3n) is 6.02. The smallest absolute Gasteiger partial charge is 0.179 e. The van der Waals surface area contributed by atoms with E-state index in [4.69, 9.17) is 4.74 Å². The molecule has 0 unspecified atom stereocenters. The first-order valence-corrected chi connectivity index (χ1v) is 12.4. The zero-order valence-electron chi connectivity index (χ0n) is 17.6. The van der Waals surface area contributed by atoms with E-state index in [1.54, 1.807) is 0 Å². The molecule has 0 heterocycles. The SMILES string of the molecule is CC(C)(C)CCCCCC1(CS(=O)(=O)c2ccc(F)c(OCC3CC3)c2)CC1. The summed E-state index contributed by atoms with van der Waals surface area (Å²) in [4.78, 5) is 0.193. The second-order valence-corrected chi connectivity index (χ2v) is 12.2. The van der Waals surface area contributed by atoms with Gasteiger partial charge in [0.25, 0.3) is 0 Å². The number of benzene rings is 1. The van der Waals surface area contributed by atoms with Gasteiger partial charge in [0.05, 0.1) is 17.3 Å². The van der Waals surface area contributed by atoms with Gasteiger partial charge in [-0.05, 0) is 67.4 Å². The summed E-state index contributed by atoms with van der Waals surface area (Å²) in [7, 11) is -3.43. The van der Waals surface area contributed by atoms with Crippen LogP contribution >= 0.6 is 0 Å². The Morgan fingerprint density at radius 1 is 1.14 bits per heavy atom. The average molecular weight is 411 g/mol. The van der Waals surface area contributed by atoms with Gasteiger partial charge in [0.1, 0.15) is 0 Å². The summed E-state index contributed by atoms with van der Waals surface area (Å²) < 4.78 is 45.4. The maximum absolute atomic E-state index is 14.0. The average Bonchev–Trinajstić information content (AvgIpc) is 3.50. The Hall–Kier alpha value is -1.10. The van der Waals surface area contributed by atoms with Crippen LogP contribution in [0.1, 0.15) is 78.6 Å². The van der Waals surface area contributed by atoms with E-state index in [9.17, 15) is 12.8 Å². The summed E-state index contributed by atoms with van der Waals surface area (Å²) in [5.41, 5.74) is 0.298. The van der Waals surface area contributed by atoms with E-state index < -0.39 is 15.7 Å². The van der Waals surface area contributed by atoms with Crippen molar-refractivity contribution in [2.24, 2.45) is 16.7 Å². The molecule has 1 aromatic carbocycles. The van der Waals surface area contributed by atoms with Crippen LogP contribution in [0.15, 0.2) is 23.1 Å². The van der Waals surface area contributed by atoms with Crippen LogP contribution in [0.4, 0.5) is 4.39 Å². The standard InChI is InChI=1S/C23H35FO3S/c1-22(2,3)11-5-4-6-12-23(13-14-23)17-28(25,26)19-9-10-20(24)21(15-19)27-16-18-7-8-18/h9-10,15,18H,4-8,11-14,16-17H2,1-3H3. The highest BCUT2D eigenvalue weighted by atomic mass is 32.2. The second kappa shape index (κ2) is 8.33. The van der Waals surface area contributed by atoms with Crippen molar-refractivity contribution in [1.29, 1.82) is 0 Å². The van der Waals surface area contributed by atoms with Crippen LogP contribution < -0.4 is 4.74 Å². The van der Waals surface area contributed by atoms with Crippen LogP contribution in [-0.4, -0.2) is 20.8 Å². The fraction of sp³-hybridized carbons (Fsp3) is 0.739. The Morgan fingerprint density at radius 2 is 1.86 bits per heavy atom. The number of sulfone groups is 1. The van der Waals surface area contributed by atoms with E-state index >= 15 is 0 Å². The van der Waals surface area contributed by atoms with Crippen LogP contribution in [0.3, 0.4) is 0 Å². The Morgan fingerprint density at radius 3 is 2.46 bits per heavy atom. The molecule has 0 spiro atoms. The molecular formula is C23H35FO3S. The largest absolute Gasteiger partial charge is 0.490 e. The van der Waals surface area contributed by atoms with Crippen molar-refractivity contribution in [1.82, 2.24) is 0 Å². The zero-order chi connectivity index (χ0) is 20.4. The van der Waals surface area contributed by atoms with Gasteiger partial charge in [0.2, 0.25) is 0 Å². The molecule has 3 nitrogen and oxygen atoms in total. The molecule has 158 valence electrons. The molecule has 2 aliphatic rings. The number of ether oxygens (including phenoxy) is 1. The minimum atomic E-state index is -3.43. The van der Waals surface area contributed by atoms with Crippen LogP contribution in [0, 0.1) is 22.6 Å². The fourth-order valence-electron chi connectivity index (χ4n) is 3.74. The molecule has 3 rings (SSSR count). The molecule has 0 atom stereocenters. The first-order chi connectivity index (χ1) is 13.1. The topological polar surface area (TPSA) is 43.4 Å². The maximum atomic E-state index is 14.0. The molecule has 1 aromatic rings. The quantitative estimate of drug-likeness (QED) is 0.324. The van der Waals surface area contributed by atoms with E-state index in [0.717, 1.165) is 44.9 Å². The molecule has 0 N–H and O–H groups in total. The lowest BCUT2D eigenvalue weighted by Gasteiger charge is -2.19. The van der Waals surface area contributed by atoms with Gasteiger partial charge in [-0.2, -0.15) is 0 Å². The molecule has 5 heteroatoms.